The van der Waals surface area contributed by atoms with E-state index in [4.69, 9.17) is 0 Å². The largest absolute Gasteiger partial charge is 0.392 e. The number of hydrogen-bond donors (Lipinski definition) is 2. The van der Waals surface area contributed by atoms with Gasteiger partial charge in [0.25, 0.3) is 5.91 Å². The molecule has 2 aliphatic rings. The van der Waals surface area contributed by atoms with Crippen molar-refractivity contribution in [3.05, 3.63) is 70.8 Å². The predicted molar refractivity (Wildman–Crippen MR) is 134 cm³/mol. The topological polar surface area (TPSA) is 72.9 Å². The van der Waals surface area contributed by atoms with Crippen molar-refractivity contribution in [3.63, 3.8) is 0 Å². The van der Waals surface area contributed by atoms with Crippen molar-refractivity contribution in [2.75, 3.05) is 27.2 Å². The van der Waals surface area contributed by atoms with Crippen LogP contribution >= 0.6 is 0 Å². The quantitative estimate of drug-likeness (QED) is 0.583. The minimum atomic E-state index is -0.477. The van der Waals surface area contributed by atoms with Gasteiger partial charge in [-0.3, -0.25) is 9.59 Å². The molecular formula is C28H37N3O3. The highest BCUT2D eigenvalue weighted by Gasteiger charge is 2.46. The third-order valence-electron chi connectivity index (χ3n) is 7.21. The smallest absolute Gasteiger partial charge is 0.254 e. The lowest BCUT2D eigenvalue weighted by Gasteiger charge is -2.46. The molecule has 0 spiro atoms. The van der Waals surface area contributed by atoms with Crippen LogP contribution in [-0.4, -0.2) is 59.9 Å². The second kappa shape index (κ2) is 11.2. The summed E-state index contributed by atoms with van der Waals surface area (Å²) in [6.07, 6.45) is 6.21. The lowest BCUT2D eigenvalue weighted by molar-refractivity contribution is -0.124. The van der Waals surface area contributed by atoms with E-state index in [0.29, 0.717) is 12.1 Å². The summed E-state index contributed by atoms with van der Waals surface area (Å²) in [6, 6.07) is 15.1. The van der Waals surface area contributed by atoms with Crippen molar-refractivity contribution < 1.29 is 14.7 Å². The van der Waals surface area contributed by atoms with Crippen molar-refractivity contribution in [2.24, 2.45) is 0 Å². The lowest BCUT2D eigenvalue weighted by atomic mass is 9.77. The van der Waals surface area contributed by atoms with Crippen LogP contribution in [0.1, 0.15) is 77.5 Å². The number of rotatable bonds is 8. The molecule has 182 valence electrons. The third-order valence-corrected chi connectivity index (χ3v) is 7.21. The Kier molecular flexibility index (Phi) is 8.01. The maximum atomic E-state index is 13.9. The molecule has 0 saturated heterocycles. The molecule has 0 aromatic heterocycles. The first-order valence-corrected chi connectivity index (χ1v) is 12.5. The Labute approximate surface area is 203 Å². The fraction of sp³-hybridized carbons (Fsp3) is 0.500. The van der Waals surface area contributed by atoms with Crippen molar-refractivity contribution in [1.29, 1.82) is 0 Å². The van der Waals surface area contributed by atoms with Crippen LogP contribution in [0.25, 0.3) is 0 Å². The number of nitrogens with one attached hydrogen (secondary N) is 1. The van der Waals surface area contributed by atoms with E-state index in [2.05, 4.69) is 10.2 Å². The Hall–Kier alpha value is -2.70. The Morgan fingerprint density at radius 3 is 2.44 bits per heavy atom. The van der Waals surface area contributed by atoms with Gasteiger partial charge in [0.15, 0.2) is 0 Å². The Morgan fingerprint density at radius 2 is 1.76 bits per heavy atom. The first-order chi connectivity index (χ1) is 16.5. The van der Waals surface area contributed by atoms with Gasteiger partial charge >= 0.3 is 0 Å². The molecule has 1 aliphatic heterocycles. The molecule has 2 amide bonds. The third kappa shape index (κ3) is 5.18. The molecule has 2 atom stereocenters. The number of amides is 2. The van der Waals surface area contributed by atoms with Crippen molar-refractivity contribution >= 4 is 11.8 Å². The SMILES string of the molecule is CN(C)CCCNC(=O)[C@@H]1c2ccccc2C(=O)N(C2CCCCC2)[C@H]1c1ccc(CO)cc1. The molecule has 2 aromatic carbocycles. The molecular weight excluding hydrogens is 426 g/mol. The van der Waals surface area contributed by atoms with Gasteiger partial charge in [0.2, 0.25) is 5.91 Å². The molecule has 2 aromatic rings. The Bertz CT molecular complexity index is 983. The molecule has 4 rings (SSSR count). The summed E-state index contributed by atoms with van der Waals surface area (Å²) in [6.45, 7) is 1.47. The summed E-state index contributed by atoms with van der Waals surface area (Å²) in [5, 5.41) is 12.7. The zero-order valence-electron chi connectivity index (χ0n) is 20.4. The minimum absolute atomic E-state index is 0.0235. The van der Waals surface area contributed by atoms with E-state index < -0.39 is 5.92 Å². The molecule has 1 aliphatic carbocycles. The zero-order valence-corrected chi connectivity index (χ0v) is 20.4. The highest BCUT2D eigenvalue weighted by Crippen LogP contribution is 2.45. The highest BCUT2D eigenvalue weighted by atomic mass is 16.3. The van der Waals surface area contributed by atoms with Gasteiger partial charge in [-0.05, 0) is 62.7 Å². The molecule has 1 heterocycles. The molecule has 2 N–H and O–H groups in total. The molecule has 6 nitrogen and oxygen atoms in total. The van der Waals surface area contributed by atoms with Crippen LogP contribution in [-0.2, 0) is 11.4 Å². The van der Waals surface area contributed by atoms with E-state index in [1.165, 1.54) is 6.42 Å². The molecule has 0 radical (unpaired) electrons. The number of nitrogens with zero attached hydrogens (tertiary/aromatic N) is 2. The maximum Gasteiger partial charge on any atom is 0.254 e. The Morgan fingerprint density at radius 1 is 1.06 bits per heavy atom. The first-order valence-electron chi connectivity index (χ1n) is 12.5. The first kappa shape index (κ1) is 24.4. The van der Waals surface area contributed by atoms with Crippen LogP contribution in [0.3, 0.4) is 0 Å². The molecule has 34 heavy (non-hydrogen) atoms. The average Bonchev–Trinajstić information content (AvgIpc) is 2.87. The number of aliphatic hydroxyl groups excluding tert-OH is 1. The van der Waals surface area contributed by atoms with E-state index in [0.717, 1.165) is 55.3 Å². The number of aliphatic hydroxyl groups is 1. The van der Waals surface area contributed by atoms with Crippen LogP contribution in [0, 0.1) is 0 Å². The number of benzene rings is 2. The molecule has 0 bridgehead atoms. The summed E-state index contributed by atoms with van der Waals surface area (Å²) in [5.41, 5.74) is 3.21. The van der Waals surface area contributed by atoms with E-state index >= 15 is 0 Å². The van der Waals surface area contributed by atoms with Crippen LogP contribution in [0.15, 0.2) is 48.5 Å². The number of fused-ring (bicyclic) bond motifs is 1. The average molecular weight is 464 g/mol. The molecule has 6 heteroatoms. The van der Waals surface area contributed by atoms with Gasteiger partial charge < -0.3 is 20.2 Å². The van der Waals surface area contributed by atoms with E-state index in [1.54, 1.807) is 0 Å². The number of hydrogen-bond acceptors (Lipinski definition) is 4. The summed E-state index contributed by atoms with van der Waals surface area (Å²) < 4.78 is 0. The molecule has 0 unspecified atom stereocenters. The van der Waals surface area contributed by atoms with Crippen molar-refractivity contribution in [3.8, 4) is 0 Å². The van der Waals surface area contributed by atoms with Crippen LogP contribution in [0.2, 0.25) is 0 Å². The fourth-order valence-corrected chi connectivity index (χ4v) is 5.49. The van der Waals surface area contributed by atoms with Crippen LogP contribution in [0.4, 0.5) is 0 Å². The van der Waals surface area contributed by atoms with Crippen LogP contribution < -0.4 is 5.32 Å². The van der Waals surface area contributed by atoms with Gasteiger partial charge in [-0.25, -0.2) is 0 Å². The molecule has 1 fully saturated rings. The maximum absolute atomic E-state index is 13.9. The standard InChI is InChI=1S/C28H37N3O3/c1-30(2)18-8-17-29-27(33)25-23-11-6-7-12-24(23)28(34)31(22-9-4-3-5-10-22)26(25)21-15-13-20(19-32)14-16-21/h6-7,11-16,22,25-26,32H,3-5,8-10,17-19H2,1-2H3,(H,29,33)/t25-,26+/m1/s1. The van der Waals surface area contributed by atoms with Crippen molar-refractivity contribution in [1.82, 2.24) is 15.1 Å². The summed E-state index contributed by atoms with van der Waals surface area (Å²) in [7, 11) is 4.05. The van der Waals surface area contributed by atoms with E-state index in [-0.39, 0.29) is 30.5 Å². The Balaban J connectivity index is 1.75. The second-order valence-electron chi connectivity index (χ2n) is 9.86. The normalized spacial score (nSPS) is 20.9. The van der Waals surface area contributed by atoms with Gasteiger partial charge in [-0.15, -0.1) is 0 Å². The lowest BCUT2D eigenvalue weighted by Crippen LogP contribution is -2.52. The van der Waals surface area contributed by atoms with Gasteiger partial charge in [0, 0.05) is 18.2 Å². The summed E-state index contributed by atoms with van der Waals surface area (Å²) in [5.74, 6) is -0.485. The number of carbonyl (C=O) groups is 2. The van der Waals surface area contributed by atoms with E-state index in [1.807, 2.05) is 67.5 Å². The van der Waals surface area contributed by atoms with Gasteiger partial charge in [0.1, 0.15) is 0 Å². The van der Waals surface area contributed by atoms with Crippen molar-refractivity contribution in [2.45, 2.75) is 63.1 Å². The number of carbonyl (C=O) groups excluding carboxylic acids is 2. The van der Waals surface area contributed by atoms with Gasteiger partial charge in [-0.2, -0.15) is 0 Å². The fourth-order valence-electron chi connectivity index (χ4n) is 5.49. The van der Waals surface area contributed by atoms with E-state index in [9.17, 15) is 14.7 Å². The second-order valence-corrected chi connectivity index (χ2v) is 9.86. The monoisotopic (exact) mass is 463 g/mol. The van der Waals surface area contributed by atoms with Gasteiger partial charge in [-0.1, -0.05) is 61.7 Å². The highest BCUT2D eigenvalue weighted by molar-refractivity contribution is 6.01. The predicted octanol–water partition coefficient (Wildman–Crippen LogP) is 3.86. The molecule has 1 saturated carbocycles. The van der Waals surface area contributed by atoms with Crippen LogP contribution in [0.5, 0.6) is 0 Å². The zero-order chi connectivity index (χ0) is 24.1. The van der Waals surface area contributed by atoms with Gasteiger partial charge in [0.05, 0.1) is 18.6 Å². The summed E-state index contributed by atoms with van der Waals surface area (Å²) in [4.78, 5) is 31.7. The minimum Gasteiger partial charge on any atom is -0.392 e. The summed E-state index contributed by atoms with van der Waals surface area (Å²) >= 11 is 0.